The molecule has 2 unspecified atom stereocenters. The molecule has 2 nitrogen and oxygen atoms in total. The fourth-order valence-corrected chi connectivity index (χ4v) is 2.75. The quantitative estimate of drug-likeness (QED) is 0.453. The third kappa shape index (κ3) is 3.24. The van der Waals surface area contributed by atoms with E-state index >= 15 is 0 Å². The van der Waals surface area contributed by atoms with Crippen LogP contribution in [0.15, 0.2) is 29.2 Å². The maximum absolute atomic E-state index is 5.70. The predicted molar refractivity (Wildman–Crippen MR) is 72.4 cm³/mol. The third-order valence-corrected chi connectivity index (χ3v) is 3.78. The molecule has 0 saturated heterocycles. The number of nitrogens with one attached hydrogen (secondary N) is 1. The van der Waals surface area contributed by atoms with E-state index in [9.17, 15) is 0 Å². The summed E-state index contributed by atoms with van der Waals surface area (Å²) in [5, 5.41) is 0. The highest BCUT2D eigenvalue weighted by molar-refractivity contribution is 7.98. The van der Waals surface area contributed by atoms with Crippen molar-refractivity contribution >= 4 is 11.8 Å². The molecule has 0 bridgehead atoms. The van der Waals surface area contributed by atoms with Gasteiger partial charge in [-0.25, -0.2) is 0 Å². The standard InChI is InChI=1S/C13H22N2S/c1-4-7-10(2)13(15-14)11-8-5-6-9-12(11)16-3/h5-6,8-10,13,15H,4,7,14H2,1-3H3. The molecule has 3 N–H and O–H groups in total. The minimum atomic E-state index is 0.253. The van der Waals surface area contributed by atoms with Crippen molar-refractivity contribution in [2.24, 2.45) is 11.8 Å². The molecule has 0 aliphatic carbocycles. The topological polar surface area (TPSA) is 38.0 Å². The van der Waals surface area contributed by atoms with Crippen molar-refractivity contribution in [3.8, 4) is 0 Å². The zero-order valence-electron chi connectivity index (χ0n) is 10.4. The van der Waals surface area contributed by atoms with Crippen molar-refractivity contribution in [1.29, 1.82) is 0 Å². The van der Waals surface area contributed by atoms with Gasteiger partial charge in [0.25, 0.3) is 0 Å². The van der Waals surface area contributed by atoms with Crippen LogP contribution in [0.4, 0.5) is 0 Å². The van der Waals surface area contributed by atoms with Gasteiger partial charge in [0.1, 0.15) is 0 Å². The fraction of sp³-hybridized carbons (Fsp3) is 0.538. The van der Waals surface area contributed by atoms with Crippen molar-refractivity contribution in [1.82, 2.24) is 5.43 Å². The van der Waals surface area contributed by atoms with Gasteiger partial charge in [-0.2, -0.15) is 0 Å². The number of nitrogens with two attached hydrogens (primary N) is 1. The monoisotopic (exact) mass is 238 g/mol. The van der Waals surface area contributed by atoms with Gasteiger partial charge in [0.15, 0.2) is 0 Å². The minimum absolute atomic E-state index is 0.253. The number of rotatable bonds is 6. The third-order valence-electron chi connectivity index (χ3n) is 2.97. The van der Waals surface area contributed by atoms with Crippen LogP contribution in [0.1, 0.15) is 38.3 Å². The van der Waals surface area contributed by atoms with Crippen LogP contribution in [-0.2, 0) is 0 Å². The SMILES string of the molecule is CCCC(C)C(NN)c1ccccc1SC. The Kier molecular flexibility index (Phi) is 5.88. The molecule has 90 valence electrons. The van der Waals surface area contributed by atoms with Crippen molar-refractivity contribution in [2.75, 3.05) is 6.26 Å². The Morgan fingerprint density at radius 1 is 1.38 bits per heavy atom. The van der Waals surface area contributed by atoms with E-state index in [4.69, 9.17) is 5.84 Å². The van der Waals surface area contributed by atoms with Gasteiger partial charge in [-0.15, -0.1) is 11.8 Å². The van der Waals surface area contributed by atoms with Crippen LogP contribution in [0.25, 0.3) is 0 Å². The second-order valence-corrected chi connectivity index (χ2v) is 5.00. The Balaban J connectivity index is 2.93. The lowest BCUT2D eigenvalue weighted by atomic mass is 9.91. The highest BCUT2D eigenvalue weighted by Gasteiger charge is 2.19. The van der Waals surface area contributed by atoms with Crippen molar-refractivity contribution in [2.45, 2.75) is 37.6 Å². The van der Waals surface area contributed by atoms with Gasteiger partial charge in [0.05, 0.1) is 0 Å². The van der Waals surface area contributed by atoms with E-state index in [2.05, 4.69) is 49.8 Å². The molecular weight excluding hydrogens is 216 g/mol. The molecule has 3 heteroatoms. The van der Waals surface area contributed by atoms with Gasteiger partial charge in [-0.05, 0) is 30.2 Å². The summed E-state index contributed by atoms with van der Waals surface area (Å²) >= 11 is 1.78. The summed E-state index contributed by atoms with van der Waals surface area (Å²) in [6, 6.07) is 8.74. The molecule has 1 aromatic carbocycles. The number of hydrazine groups is 1. The zero-order valence-corrected chi connectivity index (χ0v) is 11.2. The van der Waals surface area contributed by atoms with E-state index in [0.717, 1.165) is 0 Å². The predicted octanol–water partition coefficient (Wildman–Crippen LogP) is 3.35. The maximum atomic E-state index is 5.70. The Morgan fingerprint density at radius 3 is 2.62 bits per heavy atom. The zero-order chi connectivity index (χ0) is 12.0. The first-order valence-corrected chi connectivity index (χ1v) is 7.06. The first kappa shape index (κ1) is 13.6. The van der Waals surface area contributed by atoms with E-state index < -0.39 is 0 Å². The molecule has 0 aromatic heterocycles. The molecule has 0 radical (unpaired) electrons. The summed E-state index contributed by atoms with van der Waals surface area (Å²) in [6.07, 6.45) is 4.50. The Labute approximate surface area is 103 Å². The highest BCUT2D eigenvalue weighted by Crippen LogP contribution is 2.31. The molecule has 1 rings (SSSR count). The van der Waals surface area contributed by atoms with Crippen LogP contribution in [0.5, 0.6) is 0 Å². The van der Waals surface area contributed by atoms with Gasteiger partial charge in [-0.3, -0.25) is 11.3 Å². The van der Waals surface area contributed by atoms with Crippen molar-refractivity contribution in [3.05, 3.63) is 29.8 Å². The summed E-state index contributed by atoms with van der Waals surface area (Å²) in [5.41, 5.74) is 4.28. The second kappa shape index (κ2) is 6.94. The van der Waals surface area contributed by atoms with Crippen LogP contribution in [0, 0.1) is 5.92 Å². The second-order valence-electron chi connectivity index (χ2n) is 4.15. The summed E-state index contributed by atoms with van der Waals surface area (Å²) in [5.74, 6) is 6.26. The largest absolute Gasteiger partial charge is 0.271 e. The van der Waals surface area contributed by atoms with Crippen LogP contribution in [-0.4, -0.2) is 6.26 Å². The molecule has 0 saturated carbocycles. The van der Waals surface area contributed by atoms with Crippen molar-refractivity contribution in [3.63, 3.8) is 0 Å². The lowest BCUT2D eigenvalue weighted by molar-refractivity contribution is 0.364. The molecule has 0 amide bonds. The Hall–Kier alpha value is -0.510. The summed E-state index contributed by atoms with van der Waals surface area (Å²) in [7, 11) is 0. The first-order chi connectivity index (χ1) is 7.74. The Bertz CT molecular complexity index is 315. The van der Waals surface area contributed by atoms with Crippen LogP contribution < -0.4 is 11.3 Å². The minimum Gasteiger partial charge on any atom is -0.271 e. The lowest BCUT2D eigenvalue weighted by Gasteiger charge is -2.25. The molecule has 2 atom stereocenters. The lowest BCUT2D eigenvalue weighted by Crippen LogP contribution is -2.32. The summed E-state index contributed by atoms with van der Waals surface area (Å²) < 4.78 is 0. The summed E-state index contributed by atoms with van der Waals surface area (Å²) in [6.45, 7) is 4.47. The summed E-state index contributed by atoms with van der Waals surface area (Å²) in [4.78, 5) is 1.31. The van der Waals surface area contributed by atoms with E-state index in [1.165, 1.54) is 23.3 Å². The van der Waals surface area contributed by atoms with Crippen LogP contribution >= 0.6 is 11.8 Å². The molecule has 0 aliphatic heterocycles. The first-order valence-electron chi connectivity index (χ1n) is 5.83. The van der Waals surface area contributed by atoms with E-state index in [1.807, 2.05) is 0 Å². The molecular formula is C13H22N2S. The molecule has 0 fully saturated rings. The molecule has 0 heterocycles. The van der Waals surface area contributed by atoms with Crippen LogP contribution in [0.2, 0.25) is 0 Å². The average molecular weight is 238 g/mol. The maximum Gasteiger partial charge on any atom is 0.0496 e. The number of benzene rings is 1. The van der Waals surface area contributed by atoms with Crippen molar-refractivity contribution < 1.29 is 0 Å². The van der Waals surface area contributed by atoms with E-state index in [-0.39, 0.29) is 6.04 Å². The smallest absolute Gasteiger partial charge is 0.0496 e. The van der Waals surface area contributed by atoms with Gasteiger partial charge < -0.3 is 0 Å². The van der Waals surface area contributed by atoms with Gasteiger partial charge in [0, 0.05) is 10.9 Å². The Morgan fingerprint density at radius 2 is 2.06 bits per heavy atom. The van der Waals surface area contributed by atoms with Gasteiger partial charge in [-0.1, -0.05) is 38.5 Å². The molecule has 0 aliphatic rings. The number of thioether (sulfide) groups is 1. The molecule has 16 heavy (non-hydrogen) atoms. The van der Waals surface area contributed by atoms with Gasteiger partial charge >= 0.3 is 0 Å². The molecule has 0 spiro atoms. The highest BCUT2D eigenvalue weighted by atomic mass is 32.2. The molecule has 1 aromatic rings. The number of hydrogen-bond donors (Lipinski definition) is 2. The fourth-order valence-electron chi connectivity index (χ4n) is 2.11. The van der Waals surface area contributed by atoms with E-state index in [1.54, 1.807) is 11.8 Å². The average Bonchev–Trinajstić information content (AvgIpc) is 2.31. The van der Waals surface area contributed by atoms with Crippen LogP contribution in [0.3, 0.4) is 0 Å². The normalized spacial score (nSPS) is 14.8. The van der Waals surface area contributed by atoms with E-state index in [0.29, 0.717) is 5.92 Å². The number of hydrogen-bond acceptors (Lipinski definition) is 3. The van der Waals surface area contributed by atoms with Gasteiger partial charge in [0.2, 0.25) is 0 Å².